The summed E-state index contributed by atoms with van der Waals surface area (Å²) in [4.78, 5) is 73.5. The number of H-pyrrole nitrogens is 1. The number of aromatic amines is 1. The number of amides is 5. The summed E-state index contributed by atoms with van der Waals surface area (Å²) in [7, 11) is 0. The third-order valence-corrected chi connectivity index (χ3v) is 11.2. The highest BCUT2D eigenvalue weighted by atomic mass is 16.3. The zero-order chi connectivity index (χ0) is 42.1. The van der Waals surface area contributed by atoms with E-state index < -0.39 is 53.8 Å². The summed E-state index contributed by atoms with van der Waals surface area (Å²) in [6.45, 7) is 2.52. The number of aromatic hydroxyl groups is 1. The number of hydrogen-bond acceptors (Lipinski definition) is 7. The van der Waals surface area contributed by atoms with E-state index in [1.165, 1.54) is 42.7 Å². The normalized spacial score (nSPS) is 15.9. The molecule has 4 aromatic rings. The van der Waals surface area contributed by atoms with Crippen LogP contribution in [0, 0.1) is 0 Å². The molecular weight excluding hydrogens is 747 g/mol. The molecule has 0 spiro atoms. The summed E-state index contributed by atoms with van der Waals surface area (Å²) < 4.78 is 0. The average molecular weight is 808 g/mol. The van der Waals surface area contributed by atoms with Gasteiger partial charge >= 0.3 is 0 Å². The molecule has 1 fully saturated rings. The van der Waals surface area contributed by atoms with Gasteiger partial charge in [0.2, 0.25) is 29.5 Å². The first-order valence-electron chi connectivity index (χ1n) is 21.2. The molecule has 5 atom stereocenters. The number of phenolic OH excluding ortho intramolecular Hbond substituents is 1. The summed E-state index contributed by atoms with van der Waals surface area (Å²) in [6.07, 6.45) is 12.2. The van der Waals surface area contributed by atoms with Gasteiger partial charge in [-0.1, -0.05) is 119 Å². The molecule has 5 rings (SSSR count). The first-order valence-corrected chi connectivity index (χ1v) is 21.2. The lowest BCUT2D eigenvalue weighted by Crippen LogP contribution is -2.59. The molecule has 1 aliphatic rings. The van der Waals surface area contributed by atoms with Crippen LogP contribution in [0.1, 0.15) is 94.2 Å². The standard InChI is InChI=1S/C46H61N7O6/c1-2-3-4-5-6-7-8-12-20-38(42(48)55)50-43(56)39(28-31-16-10-9-11-17-31)51-44(57)40(29-33-30-49-37-19-14-13-18-35(33)37)52-45(58)41-21-15-26-53(41)46(59)36(47)27-32-22-24-34(54)25-23-32/h9-11,13-14,16-19,22-25,30,36,38-41,49,54H,2-8,12,15,20-21,26-29,47H2,1H3,(H2,48,55)(H,50,56)(H,51,57)(H,52,58)/t36-,38?,39-,40-,41-/m0/s1. The van der Waals surface area contributed by atoms with Crippen LogP contribution >= 0.6 is 0 Å². The van der Waals surface area contributed by atoms with Gasteiger partial charge in [-0.05, 0) is 60.6 Å². The van der Waals surface area contributed by atoms with Gasteiger partial charge in [-0.25, -0.2) is 0 Å². The number of nitrogens with two attached hydrogens (primary N) is 2. The van der Waals surface area contributed by atoms with Crippen molar-refractivity contribution < 1.29 is 29.1 Å². The fraction of sp³-hybridized carbons (Fsp3) is 0.457. The Bertz CT molecular complexity index is 1980. The molecule has 9 N–H and O–H groups in total. The highest BCUT2D eigenvalue weighted by molar-refractivity contribution is 5.96. The third kappa shape index (κ3) is 13.2. The Morgan fingerprint density at radius 3 is 2.05 bits per heavy atom. The summed E-state index contributed by atoms with van der Waals surface area (Å²) in [6, 6.07) is 18.4. The van der Waals surface area contributed by atoms with E-state index in [4.69, 9.17) is 11.5 Å². The topological polar surface area (TPSA) is 213 Å². The smallest absolute Gasteiger partial charge is 0.243 e. The molecule has 3 aromatic carbocycles. The lowest BCUT2D eigenvalue weighted by Gasteiger charge is -2.29. The van der Waals surface area contributed by atoms with E-state index >= 15 is 0 Å². The van der Waals surface area contributed by atoms with Crippen molar-refractivity contribution in [2.45, 2.75) is 127 Å². The molecule has 5 amide bonds. The monoisotopic (exact) mass is 807 g/mol. The van der Waals surface area contributed by atoms with Crippen molar-refractivity contribution in [3.63, 3.8) is 0 Å². The molecule has 0 aliphatic carbocycles. The van der Waals surface area contributed by atoms with Gasteiger partial charge in [0.25, 0.3) is 0 Å². The SMILES string of the molecule is CCCCCCCCCCC(NC(=O)[C@H](Cc1ccccc1)NC(=O)[C@H](Cc1c[nH]c2ccccc12)NC(=O)[C@@H]1CCCN1C(=O)[C@@H](N)Cc1ccc(O)cc1)C(N)=O. The molecule has 1 aliphatic heterocycles. The zero-order valence-corrected chi connectivity index (χ0v) is 34.2. The summed E-state index contributed by atoms with van der Waals surface area (Å²) in [5, 5.41) is 19.2. The number of rotatable bonds is 23. The van der Waals surface area contributed by atoms with E-state index in [-0.39, 0.29) is 30.9 Å². The van der Waals surface area contributed by atoms with Gasteiger partial charge in [-0.2, -0.15) is 0 Å². The largest absolute Gasteiger partial charge is 0.508 e. The van der Waals surface area contributed by atoms with Crippen molar-refractivity contribution in [2.24, 2.45) is 11.5 Å². The van der Waals surface area contributed by atoms with Crippen LogP contribution in [-0.4, -0.2) is 81.3 Å². The highest BCUT2D eigenvalue weighted by Gasteiger charge is 2.38. The Hall–Kier alpha value is -5.69. The van der Waals surface area contributed by atoms with Crippen LogP contribution in [0.15, 0.2) is 85.1 Å². The molecule has 13 nitrogen and oxygen atoms in total. The second-order valence-corrected chi connectivity index (χ2v) is 15.8. The van der Waals surface area contributed by atoms with E-state index in [0.717, 1.165) is 53.3 Å². The first-order chi connectivity index (χ1) is 28.5. The quantitative estimate of drug-likeness (QED) is 0.0525. The zero-order valence-electron chi connectivity index (χ0n) is 34.2. The molecule has 1 unspecified atom stereocenters. The van der Waals surface area contributed by atoms with Gasteiger partial charge in [-0.15, -0.1) is 0 Å². The minimum atomic E-state index is -1.14. The van der Waals surface area contributed by atoms with Crippen LogP contribution in [0.25, 0.3) is 10.9 Å². The predicted octanol–water partition coefficient (Wildman–Crippen LogP) is 4.69. The number of unbranched alkanes of at least 4 members (excludes halogenated alkanes) is 7. The molecule has 13 heteroatoms. The number of para-hydroxylation sites is 1. The lowest BCUT2D eigenvalue weighted by atomic mass is 10.0. The Labute approximate surface area is 347 Å². The van der Waals surface area contributed by atoms with E-state index in [1.807, 2.05) is 54.6 Å². The van der Waals surface area contributed by atoms with E-state index in [9.17, 15) is 29.1 Å². The number of aromatic nitrogens is 1. The first kappa shape index (κ1) is 44.4. The molecule has 0 bridgehead atoms. The Morgan fingerprint density at radius 1 is 0.746 bits per heavy atom. The second kappa shape index (κ2) is 22.5. The predicted molar refractivity (Wildman–Crippen MR) is 229 cm³/mol. The van der Waals surface area contributed by atoms with Crippen molar-refractivity contribution in [3.8, 4) is 5.75 Å². The van der Waals surface area contributed by atoms with Crippen LogP contribution in [0.2, 0.25) is 0 Å². The molecule has 1 aromatic heterocycles. The van der Waals surface area contributed by atoms with E-state index in [2.05, 4.69) is 27.9 Å². The molecule has 0 radical (unpaired) electrons. The summed E-state index contributed by atoms with van der Waals surface area (Å²) in [5.41, 5.74) is 15.3. The fourth-order valence-corrected chi connectivity index (χ4v) is 7.86. The van der Waals surface area contributed by atoms with Crippen molar-refractivity contribution in [3.05, 3.63) is 102 Å². The number of carbonyl (C=O) groups is 5. The molecule has 0 saturated carbocycles. The molecule has 59 heavy (non-hydrogen) atoms. The molecule has 2 heterocycles. The van der Waals surface area contributed by atoms with Gasteiger partial charge in [0.05, 0.1) is 6.04 Å². The average Bonchev–Trinajstić information content (AvgIpc) is 3.89. The number of nitrogens with zero attached hydrogens (tertiary/aromatic N) is 1. The number of likely N-dealkylation sites (tertiary alicyclic amines) is 1. The maximum Gasteiger partial charge on any atom is 0.243 e. The van der Waals surface area contributed by atoms with Gasteiger partial charge < -0.3 is 42.4 Å². The fourth-order valence-electron chi connectivity index (χ4n) is 7.86. The van der Waals surface area contributed by atoms with Crippen LogP contribution in [0.4, 0.5) is 0 Å². The maximum atomic E-state index is 14.4. The Balaban J connectivity index is 1.32. The third-order valence-electron chi connectivity index (χ3n) is 11.2. The number of carbonyl (C=O) groups excluding carboxylic acids is 5. The maximum absolute atomic E-state index is 14.4. The van der Waals surface area contributed by atoms with Gasteiger partial charge in [-0.3, -0.25) is 24.0 Å². The van der Waals surface area contributed by atoms with Crippen molar-refractivity contribution in [2.75, 3.05) is 6.54 Å². The molecule has 1 saturated heterocycles. The van der Waals surface area contributed by atoms with Crippen LogP contribution in [0.3, 0.4) is 0 Å². The number of hydrogen-bond donors (Lipinski definition) is 7. The lowest BCUT2D eigenvalue weighted by molar-refractivity contribution is -0.140. The molecular formula is C46H61N7O6. The number of phenols is 1. The van der Waals surface area contributed by atoms with Crippen molar-refractivity contribution >= 4 is 40.4 Å². The second-order valence-electron chi connectivity index (χ2n) is 15.8. The molecule has 316 valence electrons. The van der Waals surface area contributed by atoms with Crippen LogP contribution < -0.4 is 27.4 Å². The van der Waals surface area contributed by atoms with Gasteiger partial charge in [0.15, 0.2) is 0 Å². The Morgan fingerprint density at radius 2 is 1.36 bits per heavy atom. The van der Waals surface area contributed by atoms with Gasteiger partial charge in [0, 0.05) is 36.5 Å². The van der Waals surface area contributed by atoms with Crippen molar-refractivity contribution in [1.29, 1.82) is 0 Å². The number of benzene rings is 3. The minimum absolute atomic E-state index is 0.0879. The van der Waals surface area contributed by atoms with Gasteiger partial charge in [0.1, 0.15) is 29.9 Å². The summed E-state index contributed by atoms with van der Waals surface area (Å²) in [5.74, 6) is -2.59. The highest BCUT2D eigenvalue weighted by Crippen LogP contribution is 2.23. The number of fused-ring (bicyclic) bond motifs is 1. The Kier molecular flexibility index (Phi) is 16.9. The van der Waals surface area contributed by atoms with E-state index in [0.29, 0.717) is 25.8 Å². The van der Waals surface area contributed by atoms with Crippen LogP contribution in [0.5, 0.6) is 5.75 Å². The van der Waals surface area contributed by atoms with Crippen LogP contribution in [-0.2, 0) is 43.2 Å². The van der Waals surface area contributed by atoms with Crippen molar-refractivity contribution in [1.82, 2.24) is 25.8 Å². The minimum Gasteiger partial charge on any atom is -0.508 e. The summed E-state index contributed by atoms with van der Waals surface area (Å²) >= 11 is 0. The number of primary amides is 1. The van der Waals surface area contributed by atoms with E-state index in [1.54, 1.807) is 18.3 Å². The number of nitrogens with one attached hydrogen (secondary N) is 4.